The average molecular weight is 332 g/mol. The van der Waals surface area contributed by atoms with Crippen LogP contribution in [0, 0.1) is 34.0 Å². The van der Waals surface area contributed by atoms with Crippen LogP contribution in [0.15, 0.2) is 11.6 Å². The van der Waals surface area contributed by atoms with Crippen LogP contribution in [0.2, 0.25) is 0 Å². The first kappa shape index (κ1) is 16.6. The summed E-state index contributed by atoms with van der Waals surface area (Å²) >= 11 is 0. The Morgan fingerprint density at radius 1 is 1.21 bits per heavy atom. The number of carbonyl (C=O) groups excluding carboxylic acids is 1. The summed E-state index contributed by atoms with van der Waals surface area (Å²) in [6, 6.07) is 0. The summed E-state index contributed by atoms with van der Waals surface area (Å²) in [6.07, 6.45) is 11.8. The highest BCUT2D eigenvalue weighted by Crippen LogP contribution is 2.70. The molecule has 0 saturated heterocycles. The van der Waals surface area contributed by atoms with Gasteiger partial charge in [0.05, 0.1) is 19.1 Å². The third-order valence-corrected chi connectivity index (χ3v) is 8.63. The summed E-state index contributed by atoms with van der Waals surface area (Å²) in [5.74, 6) is 1.71. The van der Waals surface area contributed by atoms with E-state index in [-0.39, 0.29) is 23.4 Å². The topological polar surface area (TPSA) is 46.5 Å². The normalized spacial score (nSPS) is 49.8. The summed E-state index contributed by atoms with van der Waals surface area (Å²) in [5.41, 5.74) is 1.50. The average Bonchev–Trinajstić information content (AvgIpc) is 2.84. The van der Waals surface area contributed by atoms with Gasteiger partial charge in [0, 0.05) is 0 Å². The van der Waals surface area contributed by atoms with Crippen LogP contribution in [0.4, 0.5) is 0 Å². The van der Waals surface area contributed by atoms with Gasteiger partial charge in [-0.1, -0.05) is 19.4 Å². The maximum Gasteiger partial charge on any atom is 0.311 e. The number of aliphatic hydroxyl groups excluding tert-OH is 1. The van der Waals surface area contributed by atoms with Crippen molar-refractivity contribution in [3.63, 3.8) is 0 Å². The van der Waals surface area contributed by atoms with Crippen molar-refractivity contribution >= 4 is 5.97 Å². The highest BCUT2D eigenvalue weighted by molar-refractivity contribution is 5.77. The van der Waals surface area contributed by atoms with Gasteiger partial charge < -0.3 is 9.84 Å². The predicted molar refractivity (Wildman–Crippen MR) is 93.2 cm³/mol. The lowest BCUT2D eigenvalue weighted by Gasteiger charge is -2.63. The number of carbonyl (C=O) groups is 1. The van der Waals surface area contributed by atoms with Gasteiger partial charge in [-0.25, -0.2) is 0 Å². The molecule has 0 aromatic heterocycles. The number of hydrogen-bond acceptors (Lipinski definition) is 3. The van der Waals surface area contributed by atoms with E-state index in [1.165, 1.54) is 37.7 Å². The van der Waals surface area contributed by atoms with Crippen molar-refractivity contribution in [1.29, 1.82) is 0 Å². The Bertz CT molecular complexity index is 582. The van der Waals surface area contributed by atoms with Gasteiger partial charge >= 0.3 is 5.97 Å². The van der Waals surface area contributed by atoms with E-state index in [0.717, 1.165) is 19.3 Å². The highest BCUT2D eigenvalue weighted by Gasteiger charge is 2.64. The minimum absolute atomic E-state index is 0.000993. The zero-order valence-corrected chi connectivity index (χ0v) is 15.4. The van der Waals surface area contributed by atoms with E-state index in [2.05, 4.69) is 19.9 Å². The molecule has 3 saturated carbocycles. The molecule has 0 aromatic carbocycles. The number of rotatable bonds is 2. The molecule has 0 heterocycles. The second kappa shape index (κ2) is 5.33. The number of hydrogen-bond donors (Lipinski definition) is 1. The van der Waals surface area contributed by atoms with Crippen molar-refractivity contribution in [3.8, 4) is 0 Å². The zero-order chi connectivity index (χ0) is 17.2. The molecular weight excluding hydrogens is 300 g/mol. The van der Waals surface area contributed by atoms with Crippen LogP contribution in [-0.2, 0) is 9.53 Å². The molecular formula is C21H32O3. The Morgan fingerprint density at radius 3 is 2.71 bits per heavy atom. The van der Waals surface area contributed by atoms with Crippen molar-refractivity contribution < 1.29 is 14.6 Å². The standard InChI is InChI=1S/C21H32O3/c1-19-8-4-9-20(2,18(23)24-3)16(19)7-10-21-11-14(5-6-17(19)21)15(12-21)13-22/h12,14,16-17,22H,4-11,13H2,1-3H3/t14-,16+,17+,19-,20-,21+/m1/s1. The van der Waals surface area contributed by atoms with Crippen LogP contribution in [0.5, 0.6) is 0 Å². The maximum absolute atomic E-state index is 12.6. The van der Waals surface area contributed by atoms with Crippen molar-refractivity contribution in [2.45, 2.75) is 65.2 Å². The molecule has 3 heteroatoms. The molecule has 1 spiro atoms. The van der Waals surface area contributed by atoms with Crippen molar-refractivity contribution in [2.24, 2.45) is 34.0 Å². The Labute approximate surface area is 145 Å². The largest absolute Gasteiger partial charge is 0.469 e. The molecule has 6 atom stereocenters. The van der Waals surface area contributed by atoms with Crippen LogP contribution >= 0.6 is 0 Å². The van der Waals surface area contributed by atoms with Gasteiger partial charge in [-0.2, -0.15) is 0 Å². The lowest BCUT2D eigenvalue weighted by Crippen LogP contribution is -2.58. The molecule has 24 heavy (non-hydrogen) atoms. The van der Waals surface area contributed by atoms with Crippen molar-refractivity contribution in [3.05, 3.63) is 11.6 Å². The molecule has 134 valence electrons. The minimum atomic E-state index is -0.317. The molecule has 0 radical (unpaired) electrons. The SMILES string of the molecule is COC(=O)[C@]1(C)CCC[C@@]2(C)[C@@H]3CC[C@@H]4C[C@]3(C=C4CO)CC[C@@H]21. The molecule has 3 fully saturated rings. The van der Waals surface area contributed by atoms with Gasteiger partial charge in [0.25, 0.3) is 0 Å². The lowest BCUT2D eigenvalue weighted by atomic mass is 9.41. The lowest BCUT2D eigenvalue weighted by molar-refractivity contribution is -0.180. The Hall–Kier alpha value is -0.830. The monoisotopic (exact) mass is 332 g/mol. The molecule has 0 amide bonds. The highest BCUT2D eigenvalue weighted by atomic mass is 16.5. The third-order valence-electron chi connectivity index (χ3n) is 8.63. The first-order valence-corrected chi connectivity index (χ1v) is 9.80. The minimum Gasteiger partial charge on any atom is -0.469 e. The molecule has 3 nitrogen and oxygen atoms in total. The summed E-state index contributed by atoms with van der Waals surface area (Å²) in [7, 11) is 1.54. The Balaban J connectivity index is 1.73. The Morgan fingerprint density at radius 2 is 2.00 bits per heavy atom. The van der Waals surface area contributed by atoms with E-state index < -0.39 is 0 Å². The first-order valence-electron chi connectivity index (χ1n) is 9.80. The van der Waals surface area contributed by atoms with Gasteiger partial charge in [-0.15, -0.1) is 0 Å². The van der Waals surface area contributed by atoms with Crippen molar-refractivity contribution in [1.82, 2.24) is 0 Å². The van der Waals surface area contributed by atoms with E-state index in [1.54, 1.807) is 7.11 Å². The van der Waals surface area contributed by atoms with E-state index in [0.29, 0.717) is 23.2 Å². The summed E-state index contributed by atoms with van der Waals surface area (Å²) < 4.78 is 5.23. The maximum atomic E-state index is 12.6. The number of ether oxygens (including phenoxy) is 1. The summed E-state index contributed by atoms with van der Waals surface area (Å²) in [5, 5.41) is 9.75. The fourth-order valence-electron chi connectivity index (χ4n) is 7.70. The molecule has 4 rings (SSSR count). The van der Waals surface area contributed by atoms with Gasteiger partial charge in [-0.3, -0.25) is 4.79 Å². The number of fused-ring (bicyclic) bond motifs is 3. The van der Waals surface area contributed by atoms with Gasteiger partial charge in [-0.05, 0) is 86.0 Å². The first-order chi connectivity index (χ1) is 11.4. The molecule has 2 bridgehead atoms. The van der Waals surface area contributed by atoms with Crippen LogP contribution in [0.3, 0.4) is 0 Å². The second-order valence-corrected chi connectivity index (χ2v) is 9.50. The van der Waals surface area contributed by atoms with Gasteiger partial charge in [0.15, 0.2) is 0 Å². The van der Waals surface area contributed by atoms with E-state index in [1.807, 2.05) is 0 Å². The fraction of sp³-hybridized carbons (Fsp3) is 0.857. The molecule has 0 unspecified atom stereocenters. The number of aliphatic hydroxyl groups is 1. The molecule has 0 aromatic rings. The molecule has 1 N–H and O–H groups in total. The van der Waals surface area contributed by atoms with Gasteiger partial charge in [0.2, 0.25) is 0 Å². The second-order valence-electron chi connectivity index (χ2n) is 9.50. The number of methoxy groups -OCH3 is 1. The fourth-order valence-corrected chi connectivity index (χ4v) is 7.70. The zero-order valence-electron chi connectivity index (χ0n) is 15.4. The number of esters is 1. The molecule has 0 aliphatic heterocycles. The van der Waals surface area contributed by atoms with Gasteiger partial charge in [0.1, 0.15) is 0 Å². The summed E-state index contributed by atoms with van der Waals surface area (Å²) in [4.78, 5) is 12.6. The van der Waals surface area contributed by atoms with E-state index in [4.69, 9.17) is 4.74 Å². The summed E-state index contributed by atoms with van der Waals surface area (Å²) in [6.45, 7) is 4.86. The number of allylic oxidation sites excluding steroid dienone is 1. The van der Waals surface area contributed by atoms with E-state index in [9.17, 15) is 9.90 Å². The Kier molecular flexibility index (Phi) is 3.69. The predicted octanol–water partition coefficient (Wildman–Crippen LogP) is 4.10. The van der Waals surface area contributed by atoms with Crippen LogP contribution < -0.4 is 0 Å². The van der Waals surface area contributed by atoms with E-state index >= 15 is 0 Å². The van der Waals surface area contributed by atoms with Crippen molar-refractivity contribution in [2.75, 3.05) is 13.7 Å². The third kappa shape index (κ3) is 1.97. The molecule has 4 aliphatic carbocycles. The quantitative estimate of drug-likeness (QED) is 0.612. The van der Waals surface area contributed by atoms with Crippen LogP contribution in [0.25, 0.3) is 0 Å². The van der Waals surface area contributed by atoms with Crippen LogP contribution in [-0.4, -0.2) is 24.8 Å². The molecule has 4 aliphatic rings. The van der Waals surface area contributed by atoms with Crippen LogP contribution in [0.1, 0.15) is 65.2 Å². The smallest absolute Gasteiger partial charge is 0.311 e.